The molecule has 2 bridgehead atoms. The van der Waals surface area contributed by atoms with Crippen LogP contribution in [0.25, 0.3) is 0 Å². The Hall–Kier alpha value is -0.860. The summed E-state index contributed by atoms with van der Waals surface area (Å²) in [7, 11) is 0. The van der Waals surface area contributed by atoms with Crippen molar-refractivity contribution in [2.24, 2.45) is 0 Å². The van der Waals surface area contributed by atoms with Crippen LogP contribution >= 0.6 is 0 Å². The fraction of sp³-hybridized carbons (Fsp3) is 0.647. The van der Waals surface area contributed by atoms with Gasteiger partial charge in [0.15, 0.2) is 0 Å². The van der Waals surface area contributed by atoms with Gasteiger partial charge in [0, 0.05) is 12.1 Å². The fourth-order valence-electron chi connectivity index (χ4n) is 3.64. The van der Waals surface area contributed by atoms with Crippen LogP contribution in [0, 0.1) is 0 Å². The number of hydrogen-bond donors (Lipinski definition) is 2. The van der Waals surface area contributed by atoms with E-state index in [1.165, 1.54) is 18.4 Å². The lowest BCUT2D eigenvalue weighted by molar-refractivity contribution is -0.0114. The lowest BCUT2D eigenvalue weighted by Crippen LogP contribution is -2.46. The highest BCUT2D eigenvalue weighted by Crippen LogP contribution is 2.41. The normalized spacial score (nSPS) is 34.5. The van der Waals surface area contributed by atoms with Gasteiger partial charge in [-0.05, 0) is 42.2 Å². The molecule has 2 aliphatic heterocycles. The molecule has 1 aromatic carbocycles. The average Bonchev–Trinajstić information content (AvgIpc) is 2.68. The van der Waals surface area contributed by atoms with Crippen LogP contribution in [0.5, 0.6) is 0 Å². The van der Waals surface area contributed by atoms with Gasteiger partial charge in [0.05, 0.1) is 5.60 Å². The van der Waals surface area contributed by atoms with Crippen LogP contribution in [0.2, 0.25) is 0 Å². The van der Waals surface area contributed by atoms with Crippen molar-refractivity contribution in [1.82, 2.24) is 5.32 Å². The summed E-state index contributed by atoms with van der Waals surface area (Å²) in [5.74, 6) is 0. The number of piperidine rings is 1. The first-order chi connectivity index (χ1) is 8.87. The molecule has 2 atom stereocenters. The Labute approximate surface area is 116 Å². The summed E-state index contributed by atoms with van der Waals surface area (Å²) in [4.78, 5) is 0. The van der Waals surface area contributed by atoms with Gasteiger partial charge in [-0.1, -0.05) is 45.0 Å². The number of nitrogens with one attached hydrogen (secondary N) is 1. The molecule has 2 unspecified atom stereocenters. The molecular weight excluding hydrogens is 234 g/mol. The molecule has 2 N–H and O–H groups in total. The quantitative estimate of drug-likeness (QED) is 0.812. The van der Waals surface area contributed by atoms with Gasteiger partial charge in [-0.25, -0.2) is 0 Å². The van der Waals surface area contributed by atoms with Crippen molar-refractivity contribution in [2.45, 2.75) is 69.6 Å². The highest BCUT2D eigenvalue weighted by atomic mass is 16.3. The molecular formula is C17H25NO. The molecule has 2 fully saturated rings. The van der Waals surface area contributed by atoms with E-state index in [4.69, 9.17) is 0 Å². The maximum atomic E-state index is 11.0. The Morgan fingerprint density at radius 2 is 1.58 bits per heavy atom. The molecule has 2 heteroatoms. The predicted octanol–water partition coefficient (Wildman–Crippen LogP) is 3.09. The van der Waals surface area contributed by atoms with Crippen LogP contribution in [0.15, 0.2) is 24.3 Å². The van der Waals surface area contributed by atoms with E-state index >= 15 is 0 Å². The van der Waals surface area contributed by atoms with E-state index in [0.29, 0.717) is 12.1 Å². The highest BCUT2D eigenvalue weighted by Gasteiger charge is 2.43. The SMILES string of the molecule is CC(C)(C)c1ccc(C2(O)CC3CCC(C2)N3)cc1. The first kappa shape index (κ1) is 13.1. The van der Waals surface area contributed by atoms with Crippen molar-refractivity contribution >= 4 is 0 Å². The van der Waals surface area contributed by atoms with Crippen LogP contribution in [-0.2, 0) is 11.0 Å². The standard InChI is InChI=1S/C17H25NO/c1-16(2,3)12-4-6-13(7-5-12)17(19)10-14-8-9-15(11-17)18-14/h4-7,14-15,18-19H,8-11H2,1-3H3. The third-order valence-electron chi connectivity index (χ3n) is 4.79. The second-order valence-corrected chi connectivity index (χ2v) is 7.41. The van der Waals surface area contributed by atoms with E-state index in [1.807, 2.05) is 0 Å². The van der Waals surface area contributed by atoms with Gasteiger partial charge in [0.1, 0.15) is 0 Å². The molecule has 0 spiro atoms. The Bertz CT molecular complexity index is 445. The zero-order valence-corrected chi connectivity index (χ0v) is 12.2. The van der Waals surface area contributed by atoms with E-state index in [0.717, 1.165) is 18.4 Å². The fourth-order valence-corrected chi connectivity index (χ4v) is 3.64. The van der Waals surface area contributed by atoms with Crippen LogP contribution in [0.3, 0.4) is 0 Å². The Balaban J connectivity index is 1.86. The van der Waals surface area contributed by atoms with E-state index in [1.54, 1.807) is 0 Å². The maximum Gasteiger partial charge on any atom is 0.0926 e. The molecule has 2 saturated heterocycles. The van der Waals surface area contributed by atoms with Crippen molar-refractivity contribution in [3.8, 4) is 0 Å². The minimum atomic E-state index is -0.618. The lowest BCUT2D eigenvalue weighted by atomic mass is 9.79. The minimum absolute atomic E-state index is 0.175. The van der Waals surface area contributed by atoms with Crippen molar-refractivity contribution in [2.75, 3.05) is 0 Å². The molecule has 1 aromatic rings. The number of hydrogen-bond acceptors (Lipinski definition) is 2. The second kappa shape index (κ2) is 4.32. The molecule has 2 heterocycles. The summed E-state index contributed by atoms with van der Waals surface area (Å²) in [6.45, 7) is 6.67. The maximum absolute atomic E-state index is 11.0. The van der Waals surface area contributed by atoms with Gasteiger partial charge in [0.25, 0.3) is 0 Å². The lowest BCUT2D eigenvalue weighted by Gasteiger charge is -2.37. The number of benzene rings is 1. The molecule has 19 heavy (non-hydrogen) atoms. The van der Waals surface area contributed by atoms with E-state index in [-0.39, 0.29) is 5.41 Å². The molecule has 0 aliphatic carbocycles. The molecule has 0 saturated carbocycles. The molecule has 3 rings (SSSR count). The van der Waals surface area contributed by atoms with Crippen molar-refractivity contribution in [3.63, 3.8) is 0 Å². The van der Waals surface area contributed by atoms with Crippen LogP contribution in [0.1, 0.15) is 57.6 Å². The van der Waals surface area contributed by atoms with Crippen molar-refractivity contribution in [3.05, 3.63) is 35.4 Å². The zero-order valence-electron chi connectivity index (χ0n) is 12.2. The Kier molecular flexibility index (Phi) is 2.99. The summed E-state index contributed by atoms with van der Waals surface area (Å²) in [5, 5.41) is 14.6. The van der Waals surface area contributed by atoms with Crippen LogP contribution < -0.4 is 5.32 Å². The molecule has 104 valence electrons. The largest absolute Gasteiger partial charge is 0.385 e. The van der Waals surface area contributed by atoms with Gasteiger partial charge < -0.3 is 10.4 Å². The van der Waals surface area contributed by atoms with Gasteiger partial charge in [-0.3, -0.25) is 0 Å². The molecule has 0 amide bonds. The number of fused-ring (bicyclic) bond motifs is 2. The number of rotatable bonds is 1. The minimum Gasteiger partial charge on any atom is -0.385 e. The zero-order chi connectivity index (χ0) is 13.7. The van der Waals surface area contributed by atoms with Gasteiger partial charge in [-0.15, -0.1) is 0 Å². The molecule has 0 aromatic heterocycles. The monoisotopic (exact) mass is 259 g/mol. The first-order valence-corrected chi connectivity index (χ1v) is 7.46. The summed E-state index contributed by atoms with van der Waals surface area (Å²) in [5.41, 5.74) is 1.98. The van der Waals surface area contributed by atoms with E-state index < -0.39 is 5.60 Å². The van der Waals surface area contributed by atoms with Crippen molar-refractivity contribution in [1.29, 1.82) is 0 Å². The Morgan fingerprint density at radius 1 is 1.05 bits per heavy atom. The predicted molar refractivity (Wildman–Crippen MR) is 78.2 cm³/mol. The van der Waals surface area contributed by atoms with Gasteiger partial charge in [-0.2, -0.15) is 0 Å². The van der Waals surface area contributed by atoms with Crippen molar-refractivity contribution < 1.29 is 5.11 Å². The van der Waals surface area contributed by atoms with Gasteiger partial charge in [0.2, 0.25) is 0 Å². The summed E-state index contributed by atoms with van der Waals surface area (Å²) >= 11 is 0. The van der Waals surface area contributed by atoms with Gasteiger partial charge >= 0.3 is 0 Å². The Morgan fingerprint density at radius 3 is 2.05 bits per heavy atom. The average molecular weight is 259 g/mol. The first-order valence-electron chi connectivity index (χ1n) is 7.46. The molecule has 2 aliphatic rings. The third kappa shape index (κ3) is 2.44. The second-order valence-electron chi connectivity index (χ2n) is 7.41. The van der Waals surface area contributed by atoms with Crippen LogP contribution in [-0.4, -0.2) is 17.2 Å². The van der Waals surface area contributed by atoms with E-state index in [9.17, 15) is 5.11 Å². The summed E-state index contributed by atoms with van der Waals surface area (Å²) in [6, 6.07) is 9.63. The van der Waals surface area contributed by atoms with E-state index in [2.05, 4.69) is 50.4 Å². The third-order valence-corrected chi connectivity index (χ3v) is 4.79. The molecule has 2 nitrogen and oxygen atoms in total. The highest BCUT2D eigenvalue weighted by molar-refractivity contribution is 5.32. The topological polar surface area (TPSA) is 32.3 Å². The molecule has 0 radical (unpaired) electrons. The smallest absolute Gasteiger partial charge is 0.0926 e. The summed E-state index contributed by atoms with van der Waals surface area (Å²) in [6.07, 6.45) is 4.15. The number of aliphatic hydroxyl groups is 1. The summed E-state index contributed by atoms with van der Waals surface area (Å²) < 4.78 is 0. The van der Waals surface area contributed by atoms with Crippen LogP contribution in [0.4, 0.5) is 0 Å².